The first kappa shape index (κ1) is 14.2. The summed E-state index contributed by atoms with van der Waals surface area (Å²) in [6.45, 7) is 8.02. The highest BCUT2D eigenvalue weighted by Crippen LogP contribution is 2.30. The molecule has 0 aliphatic carbocycles. The van der Waals surface area contributed by atoms with Crippen LogP contribution in [0.5, 0.6) is 0 Å². The van der Waals surface area contributed by atoms with Crippen molar-refractivity contribution in [1.29, 1.82) is 0 Å². The zero-order valence-electron chi connectivity index (χ0n) is 11.4. The van der Waals surface area contributed by atoms with Gasteiger partial charge in [0.2, 0.25) is 0 Å². The van der Waals surface area contributed by atoms with Crippen molar-refractivity contribution < 1.29 is 0 Å². The summed E-state index contributed by atoms with van der Waals surface area (Å²) >= 11 is 0. The summed E-state index contributed by atoms with van der Waals surface area (Å²) in [7, 11) is 0. The molecule has 0 fully saturated rings. The van der Waals surface area contributed by atoms with Crippen LogP contribution in [0.15, 0.2) is 18.2 Å². The quantitative estimate of drug-likeness (QED) is 0.795. The Balaban J connectivity index is 2.89. The van der Waals surface area contributed by atoms with Crippen molar-refractivity contribution in [3.63, 3.8) is 0 Å². The summed E-state index contributed by atoms with van der Waals surface area (Å²) in [5.74, 6) is 1.03. The number of rotatable bonds is 6. The van der Waals surface area contributed by atoms with E-state index >= 15 is 0 Å². The van der Waals surface area contributed by atoms with Gasteiger partial charge in [0.15, 0.2) is 0 Å². The van der Waals surface area contributed by atoms with Crippen LogP contribution < -0.4 is 11.5 Å². The van der Waals surface area contributed by atoms with E-state index in [2.05, 4.69) is 39.0 Å². The molecule has 0 aliphatic heterocycles. The van der Waals surface area contributed by atoms with Gasteiger partial charge < -0.3 is 11.5 Å². The highest BCUT2D eigenvalue weighted by atomic mass is 14.6. The molecule has 0 aliphatic rings. The third-order valence-electron chi connectivity index (χ3n) is 3.86. The van der Waals surface area contributed by atoms with E-state index in [1.807, 2.05) is 0 Å². The van der Waals surface area contributed by atoms with Crippen molar-refractivity contribution in [2.45, 2.75) is 39.5 Å². The van der Waals surface area contributed by atoms with E-state index in [4.69, 9.17) is 11.5 Å². The molecule has 0 radical (unpaired) electrons. The van der Waals surface area contributed by atoms with E-state index in [1.165, 1.54) is 16.7 Å². The molecule has 0 bridgehead atoms. The summed E-state index contributed by atoms with van der Waals surface area (Å²) < 4.78 is 0. The molecular weight excluding hydrogens is 208 g/mol. The molecule has 0 heterocycles. The molecule has 2 nitrogen and oxygen atoms in total. The molecule has 4 N–H and O–H groups in total. The number of hydrogen-bond acceptors (Lipinski definition) is 2. The average molecular weight is 234 g/mol. The lowest BCUT2D eigenvalue weighted by Crippen LogP contribution is -2.25. The highest BCUT2D eigenvalue weighted by Gasteiger charge is 2.17. The number of nitrogens with two attached hydrogens (primary N) is 2. The second kappa shape index (κ2) is 6.77. The molecule has 2 heteroatoms. The van der Waals surface area contributed by atoms with Crippen molar-refractivity contribution in [3.05, 3.63) is 34.9 Å². The molecule has 0 saturated heterocycles. The summed E-state index contributed by atoms with van der Waals surface area (Å²) in [4.78, 5) is 0. The molecule has 0 saturated carbocycles. The molecule has 0 amide bonds. The molecule has 1 atom stereocenters. The first-order valence-corrected chi connectivity index (χ1v) is 6.60. The minimum atomic E-state index is 0.444. The van der Waals surface area contributed by atoms with Gasteiger partial charge in [-0.15, -0.1) is 0 Å². The van der Waals surface area contributed by atoms with Gasteiger partial charge in [0, 0.05) is 0 Å². The van der Waals surface area contributed by atoms with Crippen LogP contribution in [0.2, 0.25) is 0 Å². The van der Waals surface area contributed by atoms with Crippen molar-refractivity contribution in [2.24, 2.45) is 17.4 Å². The van der Waals surface area contributed by atoms with Crippen LogP contribution in [-0.4, -0.2) is 13.1 Å². The van der Waals surface area contributed by atoms with Gasteiger partial charge in [0.05, 0.1) is 0 Å². The summed E-state index contributed by atoms with van der Waals surface area (Å²) in [6.07, 6.45) is 2.26. The molecule has 1 rings (SSSR count). The first-order valence-electron chi connectivity index (χ1n) is 6.60. The molecular formula is C15H26N2. The molecule has 1 aromatic carbocycles. The van der Waals surface area contributed by atoms with Crippen LogP contribution in [0.1, 0.15) is 42.4 Å². The van der Waals surface area contributed by atoms with E-state index in [0.717, 1.165) is 12.8 Å². The highest BCUT2D eigenvalue weighted by molar-refractivity contribution is 5.35. The maximum Gasteiger partial charge on any atom is -0.00366 e. The SMILES string of the molecule is CCC(CC(CN)CN)c1cccc(C)c1C. The normalized spacial score (nSPS) is 13.1. The second-order valence-corrected chi connectivity index (χ2v) is 4.97. The fraction of sp³-hybridized carbons (Fsp3) is 0.600. The van der Waals surface area contributed by atoms with Crippen molar-refractivity contribution in [2.75, 3.05) is 13.1 Å². The van der Waals surface area contributed by atoms with Gasteiger partial charge in [-0.3, -0.25) is 0 Å². The molecule has 0 aromatic heterocycles. The van der Waals surface area contributed by atoms with Crippen LogP contribution in [0, 0.1) is 19.8 Å². The zero-order valence-corrected chi connectivity index (χ0v) is 11.4. The fourth-order valence-electron chi connectivity index (χ4n) is 2.42. The predicted octanol–water partition coefficient (Wildman–Crippen LogP) is 2.72. The van der Waals surface area contributed by atoms with E-state index in [-0.39, 0.29) is 0 Å². The lowest BCUT2D eigenvalue weighted by atomic mass is 9.84. The van der Waals surface area contributed by atoms with Gasteiger partial charge in [-0.25, -0.2) is 0 Å². The van der Waals surface area contributed by atoms with E-state index < -0.39 is 0 Å². The van der Waals surface area contributed by atoms with Crippen molar-refractivity contribution in [3.8, 4) is 0 Å². The van der Waals surface area contributed by atoms with Gasteiger partial charge in [0.25, 0.3) is 0 Å². The van der Waals surface area contributed by atoms with Gasteiger partial charge in [-0.05, 0) is 68.3 Å². The number of hydrogen-bond donors (Lipinski definition) is 2. The van der Waals surface area contributed by atoms with Crippen molar-refractivity contribution >= 4 is 0 Å². The molecule has 0 spiro atoms. The van der Waals surface area contributed by atoms with Crippen molar-refractivity contribution in [1.82, 2.24) is 0 Å². The standard InChI is InChI=1S/C15H26N2/c1-4-14(8-13(9-16)10-17)15-7-5-6-11(2)12(15)3/h5-7,13-14H,4,8-10,16-17H2,1-3H3. The largest absolute Gasteiger partial charge is 0.330 e. The monoisotopic (exact) mass is 234 g/mol. The predicted molar refractivity (Wildman–Crippen MR) is 75.2 cm³/mol. The minimum Gasteiger partial charge on any atom is -0.330 e. The maximum atomic E-state index is 5.75. The topological polar surface area (TPSA) is 52.0 Å². The minimum absolute atomic E-state index is 0.444. The number of benzene rings is 1. The Hall–Kier alpha value is -0.860. The van der Waals surface area contributed by atoms with E-state index in [9.17, 15) is 0 Å². The van der Waals surface area contributed by atoms with Gasteiger partial charge >= 0.3 is 0 Å². The Morgan fingerprint density at radius 3 is 2.29 bits per heavy atom. The Morgan fingerprint density at radius 2 is 1.76 bits per heavy atom. The molecule has 1 unspecified atom stereocenters. The smallest absolute Gasteiger partial charge is 0.00366 e. The van der Waals surface area contributed by atoms with Crippen LogP contribution in [0.25, 0.3) is 0 Å². The molecule has 17 heavy (non-hydrogen) atoms. The van der Waals surface area contributed by atoms with Crippen LogP contribution >= 0.6 is 0 Å². The molecule has 1 aromatic rings. The average Bonchev–Trinajstić information content (AvgIpc) is 2.35. The van der Waals surface area contributed by atoms with Crippen LogP contribution in [0.4, 0.5) is 0 Å². The Bertz CT molecular complexity index is 343. The third-order valence-corrected chi connectivity index (χ3v) is 3.86. The Labute approximate surface area is 105 Å². The Kier molecular flexibility index (Phi) is 5.66. The summed E-state index contributed by atoms with van der Waals surface area (Å²) in [6, 6.07) is 6.58. The maximum absolute atomic E-state index is 5.75. The second-order valence-electron chi connectivity index (χ2n) is 4.97. The van der Waals surface area contributed by atoms with Crippen LogP contribution in [0.3, 0.4) is 0 Å². The third kappa shape index (κ3) is 3.55. The number of aryl methyl sites for hydroxylation is 1. The van der Waals surface area contributed by atoms with Gasteiger partial charge in [0.1, 0.15) is 0 Å². The molecule has 96 valence electrons. The lowest BCUT2D eigenvalue weighted by molar-refractivity contribution is 0.441. The Morgan fingerprint density at radius 1 is 1.12 bits per heavy atom. The summed E-state index contributed by atoms with van der Waals surface area (Å²) in [5, 5.41) is 0. The van der Waals surface area contributed by atoms with E-state index in [0.29, 0.717) is 24.9 Å². The van der Waals surface area contributed by atoms with Gasteiger partial charge in [-0.2, -0.15) is 0 Å². The summed E-state index contributed by atoms with van der Waals surface area (Å²) in [5.41, 5.74) is 15.8. The fourth-order valence-corrected chi connectivity index (χ4v) is 2.42. The first-order chi connectivity index (χ1) is 8.13. The van der Waals surface area contributed by atoms with Gasteiger partial charge in [-0.1, -0.05) is 25.1 Å². The van der Waals surface area contributed by atoms with E-state index in [1.54, 1.807) is 0 Å². The van der Waals surface area contributed by atoms with Crippen LogP contribution in [-0.2, 0) is 0 Å². The zero-order chi connectivity index (χ0) is 12.8. The lowest BCUT2D eigenvalue weighted by Gasteiger charge is -2.23.